The van der Waals surface area contributed by atoms with Crippen molar-refractivity contribution >= 4 is 41.3 Å². The molecule has 3 unspecified atom stereocenters. The third-order valence-corrected chi connectivity index (χ3v) is 6.12. The number of piperidine rings is 1. The van der Waals surface area contributed by atoms with Crippen molar-refractivity contribution in [2.24, 2.45) is 16.8 Å². The van der Waals surface area contributed by atoms with Gasteiger partial charge in [-0.05, 0) is 50.2 Å². The van der Waals surface area contributed by atoms with Gasteiger partial charge < -0.3 is 15.4 Å². The molecule has 0 aromatic carbocycles. The highest BCUT2D eigenvalue weighted by molar-refractivity contribution is 14.0. The van der Waals surface area contributed by atoms with E-state index in [1.807, 2.05) is 18.4 Å². The molecule has 2 N–H and O–H groups in total. The van der Waals surface area contributed by atoms with Crippen molar-refractivity contribution in [1.29, 1.82) is 0 Å². The number of hydrogen-bond acceptors (Lipinski definition) is 4. The number of ether oxygens (including phenoxy) is 1. The maximum absolute atomic E-state index is 5.44. The molecule has 5 nitrogen and oxygen atoms in total. The van der Waals surface area contributed by atoms with Crippen LogP contribution in [-0.4, -0.2) is 57.8 Å². The molecule has 1 aromatic heterocycles. The number of hydrogen-bond donors (Lipinski definition) is 2. The average molecular weight is 478 g/mol. The Morgan fingerprint density at radius 1 is 1.36 bits per heavy atom. The van der Waals surface area contributed by atoms with E-state index in [-0.39, 0.29) is 24.0 Å². The van der Waals surface area contributed by atoms with Crippen LogP contribution in [0.25, 0.3) is 0 Å². The lowest BCUT2D eigenvalue weighted by atomic mass is 9.88. The molecule has 0 saturated carbocycles. The van der Waals surface area contributed by atoms with Gasteiger partial charge in [-0.2, -0.15) is 0 Å². The summed E-state index contributed by atoms with van der Waals surface area (Å²) in [4.78, 5) is 8.37. The number of likely N-dealkylation sites (tertiary alicyclic amines) is 1. The van der Waals surface area contributed by atoms with Gasteiger partial charge in [0.25, 0.3) is 0 Å². The highest BCUT2D eigenvalue weighted by atomic mass is 127. The van der Waals surface area contributed by atoms with Crippen molar-refractivity contribution in [1.82, 2.24) is 15.5 Å². The number of rotatable bonds is 5. The number of guanidine groups is 1. The molecule has 2 aliphatic heterocycles. The molecule has 2 saturated heterocycles. The third kappa shape index (κ3) is 5.80. The Morgan fingerprint density at radius 2 is 2.20 bits per heavy atom. The van der Waals surface area contributed by atoms with Crippen LogP contribution in [0.5, 0.6) is 0 Å². The fraction of sp³-hybridized carbons (Fsp3) is 0.722. The van der Waals surface area contributed by atoms with Crippen LogP contribution in [0, 0.1) is 11.8 Å². The van der Waals surface area contributed by atoms with E-state index in [1.165, 1.54) is 24.3 Å². The molecule has 3 atom stereocenters. The Hall–Kier alpha value is -0.380. The van der Waals surface area contributed by atoms with Gasteiger partial charge in [0.1, 0.15) is 0 Å². The van der Waals surface area contributed by atoms with Gasteiger partial charge in [0.2, 0.25) is 0 Å². The Labute approximate surface area is 172 Å². The Balaban J connectivity index is 0.00000225. The molecule has 0 aliphatic carbocycles. The molecular formula is C18H31IN4OS. The molecule has 0 bridgehead atoms. The second-order valence-corrected chi connectivity index (χ2v) is 7.89. The molecule has 7 heteroatoms. The summed E-state index contributed by atoms with van der Waals surface area (Å²) >= 11 is 1.87. The molecule has 0 amide bonds. The van der Waals surface area contributed by atoms with Gasteiger partial charge in [0, 0.05) is 43.6 Å². The fourth-order valence-electron chi connectivity index (χ4n) is 3.82. The normalized spacial score (nSPS) is 27.8. The number of thiophene rings is 1. The van der Waals surface area contributed by atoms with Gasteiger partial charge in [0.15, 0.2) is 5.96 Å². The van der Waals surface area contributed by atoms with E-state index >= 15 is 0 Å². The Kier molecular flexibility index (Phi) is 8.95. The van der Waals surface area contributed by atoms with Gasteiger partial charge in [-0.15, -0.1) is 35.3 Å². The number of nitrogens with zero attached hydrogens (tertiary/aromatic N) is 2. The molecule has 0 radical (unpaired) electrons. The summed E-state index contributed by atoms with van der Waals surface area (Å²) in [6.07, 6.45) is 3.70. The van der Waals surface area contributed by atoms with Crippen molar-refractivity contribution in [3.63, 3.8) is 0 Å². The summed E-state index contributed by atoms with van der Waals surface area (Å²) in [6.45, 7) is 4.87. The second-order valence-electron chi connectivity index (χ2n) is 6.91. The van der Waals surface area contributed by atoms with Crippen LogP contribution in [0.2, 0.25) is 0 Å². The minimum Gasteiger partial charge on any atom is -0.381 e. The van der Waals surface area contributed by atoms with Crippen molar-refractivity contribution in [3.8, 4) is 0 Å². The van der Waals surface area contributed by atoms with E-state index in [4.69, 9.17) is 4.74 Å². The molecule has 3 rings (SSSR count). The fourth-order valence-corrected chi connectivity index (χ4v) is 4.80. The van der Waals surface area contributed by atoms with Crippen LogP contribution in [0.3, 0.4) is 0 Å². The third-order valence-electron chi connectivity index (χ3n) is 5.18. The molecule has 142 valence electrons. The van der Waals surface area contributed by atoms with Gasteiger partial charge in [-0.25, -0.2) is 0 Å². The Bertz CT molecular complexity index is 519. The van der Waals surface area contributed by atoms with E-state index in [9.17, 15) is 0 Å². The van der Waals surface area contributed by atoms with Crippen LogP contribution in [0.4, 0.5) is 0 Å². The highest BCUT2D eigenvalue weighted by Crippen LogP contribution is 2.36. The first-order valence-corrected chi connectivity index (χ1v) is 9.91. The van der Waals surface area contributed by atoms with Gasteiger partial charge in [-0.1, -0.05) is 6.07 Å². The number of aliphatic imine (C=N–C) groups is 1. The van der Waals surface area contributed by atoms with Crippen molar-refractivity contribution in [2.45, 2.75) is 25.3 Å². The number of nitrogens with one attached hydrogen (secondary N) is 2. The first kappa shape index (κ1) is 20.9. The van der Waals surface area contributed by atoms with Gasteiger partial charge in [0.05, 0.1) is 6.61 Å². The van der Waals surface area contributed by atoms with E-state index in [0.717, 1.165) is 38.7 Å². The quantitative estimate of drug-likeness (QED) is 0.388. The summed E-state index contributed by atoms with van der Waals surface area (Å²) in [5.41, 5.74) is 0. The first-order chi connectivity index (χ1) is 11.8. The molecule has 2 aliphatic rings. The predicted octanol–water partition coefficient (Wildman–Crippen LogP) is 2.95. The standard InChI is InChI=1S/C18H30N4OS.HI/c1-19-18(20-11-14-7-9-23-13-14)21-12-15-5-3-8-22(2)17(15)16-6-4-10-24-16;/h4,6,10,14-15,17H,3,5,7-9,11-13H2,1-2H3,(H2,19,20,21);1H. The smallest absolute Gasteiger partial charge is 0.190 e. The van der Waals surface area contributed by atoms with E-state index in [1.54, 1.807) is 0 Å². The molecule has 25 heavy (non-hydrogen) atoms. The zero-order valence-electron chi connectivity index (χ0n) is 15.2. The first-order valence-electron chi connectivity index (χ1n) is 9.04. The lowest BCUT2D eigenvalue weighted by Gasteiger charge is -2.39. The van der Waals surface area contributed by atoms with Crippen LogP contribution >= 0.6 is 35.3 Å². The summed E-state index contributed by atoms with van der Waals surface area (Å²) in [5.74, 6) is 2.15. The van der Waals surface area contributed by atoms with Gasteiger partial charge >= 0.3 is 0 Å². The lowest BCUT2D eigenvalue weighted by molar-refractivity contribution is 0.125. The summed E-state index contributed by atoms with van der Waals surface area (Å²) in [6, 6.07) is 4.96. The average Bonchev–Trinajstić information content (AvgIpc) is 3.29. The van der Waals surface area contributed by atoms with E-state index in [0.29, 0.717) is 17.9 Å². The minimum atomic E-state index is 0. The minimum absolute atomic E-state index is 0. The summed E-state index contributed by atoms with van der Waals surface area (Å²) in [7, 11) is 4.11. The SMILES string of the molecule is CN=C(NCC1CCOC1)NCC1CCCN(C)C1c1cccs1.I. The molecule has 2 fully saturated rings. The van der Waals surface area contributed by atoms with Crippen LogP contribution in [-0.2, 0) is 4.74 Å². The van der Waals surface area contributed by atoms with E-state index in [2.05, 4.69) is 45.1 Å². The summed E-state index contributed by atoms with van der Waals surface area (Å²) < 4.78 is 5.44. The van der Waals surface area contributed by atoms with Crippen molar-refractivity contribution in [2.75, 3.05) is 46.9 Å². The van der Waals surface area contributed by atoms with E-state index < -0.39 is 0 Å². The monoisotopic (exact) mass is 478 g/mol. The van der Waals surface area contributed by atoms with Gasteiger partial charge in [-0.3, -0.25) is 9.89 Å². The van der Waals surface area contributed by atoms with Crippen molar-refractivity contribution in [3.05, 3.63) is 22.4 Å². The predicted molar refractivity (Wildman–Crippen MR) is 116 cm³/mol. The lowest BCUT2D eigenvalue weighted by Crippen LogP contribution is -2.45. The Morgan fingerprint density at radius 3 is 2.88 bits per heavy atom. The molecule has 1 aromatic rings. The summed E-state index contributed by atoms with van der Waals surface area (Å²) in [5, 5.41) is 9.20. The maximum atomic E-state index is 5.44. The molecule has 0 spiro atoms. The maximum Gasteiger partial charge on any atom is 0.190 e. The topological polar surface area (TPSA) is 48.9 Å². The van der Waals surface area contributed by atoms with Crippen LogP contribution in [0.1, 0.15) is 30.2 Å². The zero-order valence-corrected chi connectivity index (χ0v) is 18.4. The number of halogens is 1. The van der Waals surface area contributed by atoms with Crippen molar-refractivity contribution < 1.29 is 4.74 Å². The molecular weight excluding hydrogens is 447 g/mol. The largest absolute Gasteiger partial charge is 0.381 e. The zero-order chi connectivity index (χ0) is 16.8. The second kappa shape index (κ2) is 10.7. The van der Waals surface area contributed by atoms with Crippen LogP contribution < -0.4 is 10.6 Å². The molecule has 3 heterocycles. The van der Waals surface area contributed by atoms with Crippen LogP contribution in [0.15, 0.2) is 22.5 Å². The highest BCUT2D eigenvalue weighted by Gasteiger charge is 2.31.